The van der Waals surface area contributed by atoms with Crippen molar-refractivity contribution in [3.05, 3.63) is 25.3 Å². The van der Waals surface area contributed by atoms with Crippen molar-refractivity contribution in [1.82, 2.24) is 0 Å². The van der Waals surface area contributed by atoms with Crippen LogP contribution in [-0.4, -0.2) is 50.7 Å². The van der Waals surface area contributed by atoms with Crippen molar-refractivity contribution >= 4 is 0 Å². The molecule has 0 aromatic rings. The van der Waals surface area contributed by atoms with E-state index in [0.717, 1.165) is 0 Å². The summed E-state index contributed by atoms with van der Waals surface area (Å²) >= 11 is 0. The van der Waals surface area contributed by atoms with Gasteiger partial charge >= 0.3 is 0 Å². The number of rotatable bonds is 6. The predicted octanol–water partition coefficient (Wildman–Crippen LogP) is 1.09. The van der Waals surface area contributed by atoms with Gasteiger partial charge in [-0.05, 0) is 0 Å². The van der Waals surface area contributed by atoms with Crippen molar-refractivity contribution in [3.63, 3.8) is 0 Å². The fourth-order valence-electron chi connectivity index (χ4n) is 1.05. The fraction of sp³-hybridized carbons (Fsp3) is 0.667. The van der Waals surface area contributed by atoms with Crippen LogP contribution in [-0.2, 0) is 18.9 Å². The maximum Gasteiger partial charge on any atom is 0.280 e. The molecule has 0 saturated carbocycles. The van der Waals surface area contributed by atoms with Gasteiger partial charge < -0.3 is 24.1 Å². The molecule has 5 nitrogen and oxygen atoms in total. The number of methoxy groups -OCH3 is 1. The van der Waals surface area contributed by atoms with Gasteiger partial charge in [-0.1, -0.05) is 12.2 Å². The Bertz CT molecular complexity index is 211. The van der Waals surface area contributed by atoms with Crippen molar-refractivity contribution < 1.29 is 24.1 Å². The van der Waals surface area contributed by atoms with Gasteiger partial charge in [-0.25, -0.2) is 0 Å². The van der Waals surface area contributed by atoms with Gasteiger partial charge in [0.2, 0.25) is 0 Å². The van der Waals surface area contributed by atoms with E-state index in [1.807, 2.05) is 0 Å². The van der Waals surface area contributed by atoms with Crippen LogP contribution in [0.15, 0.2) is 25.3 Å². The Hall–Kier alpha value is -0.720. The monoisotopic (exact) mass is 246 g/mol. The zero-order chi connectivity index (χ0) is 13.1. The highest BCUT2D eigenvalue weighted by Crippen LogP contribution is 2.22. The normalized spacial score (nSPS) is 27.1. The van der Waals surface area contributed by atoms with Crippen LogP contribution in [0.5, 0.6) is 0 Å². The number of ether oxygens (including phenoxy) is 4. The summed E-state index contributed by atoms with van der Waals surface area (Å²) in [6.07, 6.45) is 3.18. The Morgan fingerprint density at radius 3 is 2.29 bits per heavy atom. The van der Waals surface area contributed by atoms with Crippen LogP contribution in [0.1, 0.15) is 6.92 Å². The van der Waals surface area contributed by atoms with Gasteiger partial charge in [0, 0.05) is 14.0 Å². The zero-order valence-electron chi connectivity index (χ0n) is 10.6. The molecule has 5 heteroatoms. The molecule has 2 unspecified atom stereocenters. The van der Waals surface area contributed by atoms with E-state index in [0.29, 0.717) is 19.8 Å². The molecule has 1 heterocycles. The summed E-state index contributed by atoms with van der Waals surface area (Å²) in [7, 11) is 1.50. The molecule has 1 saturated heterocycles. The highest BCUT2D eigenvalue weighted by molar-refractivity contribution is 4.68. The molecular weight excluding hydrogens is 224 g/mol. The van der Waals surface area contributed by atoms with Gasteiger partial charge in [0.15, 0.2) is 0 Å². The summed E-state index contributed by atoms with van der Waals surface area (Å²) in [6, 6.07) is 0. The van der Waals surface area contributed by atoms with Crippen molar-refractivity contribution in [2.75, 3.05) is 33.5 Å². The Balaban J connectivity index is 0.000000325. The lowest BCUT2D eigenvalue weighted by Gasteiger charge is -2.19. The fourth-order valence-corrected chi connectivity index (χ4v) is 1.05. The second-order valence-electron chi connectivity index (χ2n) is 3.41. The number of aliphatic hydroxyl groups is 1. The molecule has 0 aliphatic carbocycles. The molecule has 1 fully saturated rings. The number of hydrogen-bond donors (Lipinski definition) is 1. The van der Waals surface area contributed by atoms with Crippen LogP contribution in [0, 0.1) is 0 Å². The first-order valence-corrected chi connectivity index (χ1v) is 5.39. The van der Waals surface area contributed by atoms with E-state index in [1.165, 1.54) is 7.11 Å². The van der Waals surface area contributed by atoms with E-state index in [9.17, 15) is 0 Å². The predicted molar refractivity (Wildman–Crippen MR) is 64.5 cm³/mol. The van der Waals surface area contributed by atoms with Crippen LogP contribution >= 0.6 is 0 Å². The third kappa shape index (κ3) is 7.25. The molecule has 17 heavy (non-hydrogen) atoms. The first-order valence-electron chi connectivity index (χ1n) is 5.39. The van der Waals surface area contributed by atoms with Gasteiger partial charge in [-0.15, -0.1) is 13.2 Å². The smallest absolute Gasteiger partial charge is 0.280 e. The van der Waals surface area contributed by atoms with E-state index in [1.54, 1.807) is 19.1 Å². The van der Waals surface area contributed by atoms with E-state index in [2.05, 4.69) is 13.2 Å². The van der Waals surface area contributed by atoms with E-state index in [4.69, 9.17) is 24.1 Å². The Kier molecular flexibility index (Phi) is 8.93. The Labute approximate surface area is 103 Å². The Morgan fingerprint density at radius 2 is 2.00 bits per heavy atom. The Morgan fingerprint density at radius 1 is 1.41 bits per heavy atom. The molecule has 0 spiro atoms. The summed E-state index contributed by atoms with van der Waals surface area (Å²) < 4.78 is 20.0. The van der Waals surface area contributed by atoms with Gasteiger partial charge in [0.25, 0.3) is 5.97 Å². The van der Waals surface area contributed by atoms with Gasteiger partial charge in [-0.2, -0.15) is 0 Å². The highest BCUT2D eigenvalue weighted by atomic mass is 16.9. The lowest BCUT2D eigenvalue weighted by Crippen LogP contribution is -2.29. The topological polar surface area (TPSA) is 57.2 Å². The minimum absolute atomic E-state index is 0.0288. The van der Waals surface area contributed by atoms with E-state index in [-0.39, 0.29) is 12.7 Å². The molecule has 1 aliphatic heterocycles. The van der Waals surface area contributed by atoms with Crippen LogP contribution in [0.3, 0.4) is 0 Å². The summed E-state index contributed by atoms with van der Waals surface area (Å²) in [6.45, 7) is 10.2. The number of hydrogen-bond acceptors (Lipinski definition) is 5. The highest BCUT2D eigenvalue weighted by Gasteiger charge is 2.36. The largest absolute Gasteiger partial charge is 0.394 e. The van der Waals surface area contributed by atoms with Gasteiger partial charge in [0.1, 0.15) is 6.10 Å². The minimum Gasteiger partial charge on any atom is -0.394 e. The third-order valence-corrected chi connectivity index (χ3v) is 1.96. The molecule has 100 valence electrons. The third-order valence-electron chi connectivity index (χ3n) is 1.96. The van der Waals surface area contributed by atoms with Crippen LogP contribution in [0.2, 0.25) is 0 Å². The minimum atomic E-state index is -0.951. The summed E-state index contributed by atoms with van der Waals surface area (Å²) in [5.41, 5.74) is 0. The molecule has 0 aromatic carbocycles. The molecule has 0 aromatic heterocycles. The van der Waals surface area contributed by atoms with Crippen molar-refractivity contribution in [2.45, 2.75) is 19.0 Å². The number of aliphatic hydroxyl groups excluding tert-OH is 1. The van der Waals surface area contributed by atoms with Gasteiger partial charge in [0.05, 0.1) is 26.4 Å². The lowest BCUT2D eigenvalue weighted by molar-refractivity contribution is -0.314. The van der Waals surface area contributed by atoms with Crippen molar-refractivity contribution in [1.29, 1.82) is 0 Å². The van der Waals surface area contributed by atoms with Crippen LogP contribution < -0.4 is 0 Å². The van der Waals surface area contributed by atoms with Crippen molar-refractivity contribution in [2.24, 2.45) is 0 Å². The van der Waals surface area contributed by atoms with Crippen molar-refractivity contribution in [3.8, 4) is 0 Å². The van der Waals surface area contributed by atoms with Crippen LogP contribution in [0.4, 0.5) is 0 Å². The molecular formula is C12H22O5. The maximum atomic E-state index is 8.63. The molecule has 2 atom stereocenters. The lowest BCUT2D eigenvalue weighted by atomic mass is 10.4. The zero-order valence-corrected chi connectivity index (χ0v) is 10.6. The second-order valence-corrected chi connectivity index (χ2v) is 3.41. The molecule has 0 radical (unpaired) electrons. The molecule has 1 rings (SSSR count). The maximum absolute atomic E-state index is 8.63. The molecule has 1 N–H and O–H groups in total. The summed E-state index contributed by atoms with van der Waals surface area (Å²) in [5, 5.41) is 8.63. The van der Waals surface area contributed by atoms with E-state index >= 15 is 0 Å². The molecule has 1 aliphatic rings. The summed E-state index contributed by atoms with van der Waals surface area (Å²) in [4.78, 5) is 0. The molecule has 0 bridgehead atoms. The standard InChI is InChI=1S/C6H12O4.C6H10O/c1-6(8-2)9-4-5(3-7)10-6;1-3-5-7-6-4-2/h5,7H,3-4H2,1-2H3;3-4H,1-2,5-6H2. The molecule has 0 amide bonds. The average molecular weight is 246 g/mol. The van der Waals surface area contributed by atoms with Gasteiger partial charge in [-0.3, -0.25) is 0 Å². The first-order chi connectivity index (χ1) is 8.11. The SMILES string of the molecule is C=CCOCC=C.COC1(C)OCC(CO)O1. The quantitative estimate of drug-likeness (QED) is 0.561. The van der Waals surface area contributed by atoms with E-state index < -0.39 is 5.97 Å². The van der Waals surface area contributed by atoms with Crippen LogP contribution in [0.25, 0.3) is 0 Å². The first kappa shape index (κ1) is 16.3. The summed E-state index contributed by atoms with van der Waals surface area (Å²) in [5.74, 6) is -0.951. The average Bonchev–Trinajstić information content (AvgIpc) is 2.74. The second kappa shape index (κ2) is 9.32.